The van der Waals surface area contributed by atoms with E-state index in [4.69, 9.17) is 4.74 Å². The SMILES string of the molecule is COc1ccc(C)cc1S(=O)(=O)NC(Cc1ccccc1)C(=O)NCCCn1ccnc1. The molecule has 0 aliphatic heterocycles. The van der Waals surface area contributed by atoms with Gasteiger partial charge in [-0.1, -0.05) is 36.4 Å². The van der Waals surface area contributed by atoms with Gasteiger partial charge >= 0.3 is 0 Å². The highest BCUT2D eigenvalue weighted by Crippen LogP contribution is 2.25. The number of carbonyl (C=O) groups is 1. The van der Waals surface area contributed by atoms with E-state index in [0.717, 1.165) is 11.1 Å². The largest absolute Gasteiger partial charge is 0.495 e. The van der Waals surface area contributed by atoms with Crippen LogP contribution in [-0.2, 0) is 27.8 Å². The van der Waals surface area contributed by atoms with E-state index in [0.29, 0.717) is 19.5 Å². The Kier molecular flexibility index (Phi) is 8.02. The van der Waals surface area contributed by atoms with Crippen molar-refractivity contribution in [3.8, 4) is 5.75 Å². The Hall–Kier alpha value is -3.17. The fraction of sp³-hybridized carbons (Fsp3) is 0.304. The predicted molar refractivity (Wildman–Crippen MR) is 122 cm³/mol. The van der Waals surface area contributed by atoms with Crippen LogP contribution in [0.4, 0.5) is 0 Å². The number of nitrogens with one attached hydrogen (secondary N) is 2. The molecule has 1 unspecified atom stereocenters. The fourth-order valence-corrected chi connectivity index (χ4v) is 4.75. The van der Waals surface area contributed by atoms with Crippen molar-refractivity contribution in [3.63, 3.8) is 0 Å². The Bertz CT molecular complexity index is 1120. The number of imidazole rings is 1. The Balaban J connectivity index is 1.74. The lowest BCUT2D eigenvalue weighted by atomic mass is 10.1. The summed E-state index contributed by atoms with van der Waals surface area (Å²) in [5, 5.41) is 2.85. The monoisotopic (exact) mass is 456 g/mol. The van der Waals surface area contributed by atoms with Gasteiger partial charge in [0.15, 0.2) is 0 Å². The molecule has 3 rings (SSSR count). The lowest BCUT2D eigenvalue weighted by Crippen LogP contribution is -2.48. The van der Waals surface area contributed by atoms with E-state index in [1.807, 2.05) is 41.1 Å². The maximum Gasteiger partial charge on any atom is 0.244 e. The summed E-state index contributed by atoms with van der Waals surface area (Å²) in [6.45, 7) is 2.92. The van der Waals surface area contributed by atoms with E-state index in [1.54, 1.807) is 31.6 Å². The van der Waals surface area contributed by atoms with Crippen LogP contribution in [0.5, 0.6) is 5.75 Å². The number of hydrogen-bond acceptors (Lipinski definition) is 5. The number of aryl methyl sites for hydroxylation is 2. The van der Waals surface area contributed by atoms with Crippen LogP contribution in [0, 0.1) is 6.92 Å². The molecule has 0 spiro atoms. The highest BCUT2D eigenvalue weighted by Gasteiger charge is 2.28. The fourth-order valence-electron chi connectivity index (χ4n) is 3.30. The third kappa shape index (κ3) is 6.41. The zero-order valence-electron chi connectivity index (χ0n) is 18.2. The maximum atomic E-state index is 13.2. The smallest absolute Gasteiger partial charge is 0.244 e. The summed E-state index contributed by atoms with van der Waals surface area (Å²) in [6, 6.07) is 13.2. The Labute approximate surface area is 188 Å². The molecule has 1 amide bonds. The molecular formula is C23H28N4O4S. The van der Waals surface area contributed by atoms with Crippen molar-refractivity contribution in [1.29, 1.82) is 0 Å². The second kappa shape index (κ2) is 10.9. The van der Waals surface area contributed by atoms with E-state index in [9.17, 15) is 13.2 Å². The van der Waals surface area contributed by atoms with Crippen LogP contribution in [0.25, 0.3) is 0 Å². The van der Waals surface area contributed by atoms with E-state index in [1.165, 1.54) is 13.2 Å². The summed E-state index contributed by atoms with van der Waals surface area (Å²) in [4.78, 5) is 16.9. The molecule has 3 aromatic rings. The number of carbonyl (C=O) groups excluding carboxylic acids is 1. The zero-order chi connectivity index (χ0) is 23.0. The van der Waals surface area contributed by atoms with E-state index >= 15 is 0 Å². The minimum atomic E-state index is -4.00. The standard InChI is InChI=1S/C23H28N4O4S/c1-18-9-10-21(31-2)22(15-18)32(29,30)26-20(16-19-7-4-3-5-8-19)23(28)25-11-6-13-27-14-12-24-17-27/h3-5,7-10,12,14-15,17,20,26H,6,11,13,16H2,1-2H3,(H,25,28). The number of hydrogen-bond donors (Lipinski definition) is 2. The average Bonchev–Trinajstić information content (AvgIpc) is 3.30. The van der Waals surface area contributed by atoms with Crippen LogP contribution in [0.2, 0.25) is 0 Å². The number of rotatable bonds is 11. The second-order valence-electron chi connectivity index (χ2n) is 7.46. The molecule has 32 heavy (non-hydrogen) atoms. The molecule has 0 aliphatic carbocycles. The predicted octanol–water partition coefficient (Wildman–Crippen LogP) is 2.30. The molecule has 0 saturated carbocycles. The van der Waals surface area contributed by atoms with Gasteiger partial charge in [-0.3, -0.25) is 4.79 Å². The average molecular weight is 457 g/mol. The summed E-state index contributed by atoms with van der Waals surface area (Å²) in [6.07, 6.45) is 6.18. The molecule has 170 valence electrons. The third-order valence-electron chi connectivity index (χ3n) is 4.96. The van der Waals surface area contributed by atoms with Crippen LogP contribution >= 0.6 is 0 Å². The minimum Gasteiger partial charge on any atom is -0.495 e. The van der Waals surface area contributed by atoms with E-state index < -0.39 is 16.1 Å². The molecule has 0 bridgehead atoms. The number of sulfonamides is 1. The molecule has 2 aromatic carbocycles. The van der Waals surface area contributed by atoms with Crippen LogP contribution in [0.1, 0.15) is 17.5 Å². The Morgan fingerprint density at radius 3 is 2.66 bits per heavy atom. The van der Waals surface area contributed by atoms with Gasteiger partial charge in [0.25, 0.3) is 0 Å². The number of aromatic nitrogens is 2. The number of amides is 1. The topological polar surface area (TPSA) is 102 Å². The van der Waals surface area contributed by atoms with Crippen molar-refractivity contribution in [3.05, 3.63) is 78.4 Å². The Morgan fingerprint density at radius 2 is 1.97 bits per heavy atom. The highest BCUT2D eigenvalue weighted by molar-refractivity contribution is 7.89. The lowest BCUT2D eigenvalue weighted by Gasteiger charge is -2.20. The summed E-state index contributed by atoms with van der Waals surface area (Å²) in [7, 11) is -2.59. The van der Waals surface area contributed by atoms with Crippen molar-refractivity contribution in [2.24, 2.45) is 0 Å². The van der Waals surface area contributed by atoms with Gasteiger partial charge in [0.1, 0.15) is 16.7 Å². The van der Waals surface area contributed by atoms with Gasteiger partial charge in [0, 0.05) is 25.5 Å². The number of nitrogens with zero attached hydrogens (tertiary/aromatic N) is 2. The van der Waals surface area contributed by atoms with Gasteiger partial charge < -0.3 is 14.6 Å². The van der Waals surface area contributed by atoms with Gasteiger partial charge in [0.2, 0.25) is 15.9 Å². The first-order valence-corrected chi connectivity index (χ1v) is 11.8. The molecule has 8 nitrogen and oxygen atoms in total. The van der Waals surface area contributed by atoms with Gasteiger partial charge in [-0.25, -0.2) is 13.4 Å². The molecule has 9 heteroatoms. The van der Waals surface area contributed by atoms with Crippen LogP contribution in [-0.4, -0.2) is 43.6 Å². The summed E-state index contributed by atoms with van der Waals surface area (Å²) < 4.78 is 36.1. The van der Waals surface area contributed by atoms with Crippen LogP contribution < -0.4 is 14.8 Å². The number of methoxy groups -OCH3 is 1. The summed E-state index contributed by atoms with van der Waals surface area (Å²) >= 11 is 0. The number of ether oxygens (including phenoxy) is 1. The van der Waals surface area contributed by atoms with Crippen molar-refractivity contribution < 1.29 is 17.9 Å². The molecular weight excluding hydrogens is 428 g/mol. The van der Waals surface area contributed by atoms with E-state index in [-0.39, 0.29) is 23.0 Å². The van der Waals surface area contributed by atoms with E-state index in [2.05, 4.69) is 15.0 Å². The van der Waals surface area contributed by atoms with Crippen molar-refractivity contribution >= 4 is 15.9 Å². The quantitative estimate of drug-likeness (QED) is 0.431. The van der Waals surface area contributed by atoms with Crippen molar-refractivity contribution in [2.45, 2.75) is 37.2 Å². The first-order chi connectivity index (χ1) is 15.4. The van der Waals surface area contributed by atoms with Crippen molar-refractivity contribution in [2.75, 3.05) is 13.7 Å². The third-order valence-corrected chi connectivity index (χ3v) is 6.45. The van der Waals surface area contributed by atoms with Gasteiger partial charge in [0.05, 0.1) is 13.4 Å². The normalized spacial score (nSPS) is 12.3. The van der Waals surface area contributed by atoms with Gasteiger partial charge in [-0.15, -0.1) is 0 Å². The summed E-state index contributed by atoms with van der Waals surface area (Å²) in [5.74, 6) is -0.156. The van der Waals surface area contributed by atoms with Crippen LogP contribution in [0.15, 0.2) is 72.1 Å². The lowest BCUT2D eigenvalue weighted by molar-refractivity contribution is -0.122. The molecule has 0 fully saturated rings. The first-order valence-electron chi connectivity index (χ1n) is 10.3. The summed E-state index contributed by atoms with van der Waals surface area (Å²) in [5.41, 5.74) is 1.62. The van der Waals surface area contributed by atoms with Gasteiger partial charge in [-0.05, 0) is 43.0 Å². The zero-order valence-corrected chi connectivity index (χ0v) is 19.0. The molecule has 0 radical (unpaired) electrons. The molecule has 0 aliphatic rings. The van der Waals surface area contributed by atoms with Crippen molar-refractivity contribution in [1.82, 2.24) is 19.6 Å². The second-order valence-corrected chi connectivity index (χ2v) is 9.15. The number of benzene rings is 2. The van der Waals surface area contributed by atoms with Gasteiger partial charge in [-0.2, -0.15) is 4.72 Å². The molecule has 2 N–H and O–H groups in total. The molecule has 1 heterocycles. The molecule has 1 atom stereocenters. The molecule has 1 aromatic heterocycles. The maximum absolute atomic E-state index is 13.2. The molecule has 0 saturated heterocycles. The van der Waals surface area contributed by atoms with Crippen LogP contribution in [0.3, 0.4) is 0 Å². The Morgan fingerprint density at radius 1 is 1.19 bits per heavy atom. The highest BCUT2D eigenvalue weighted by atomic mass is 32.2. The first kappa shape index (κ1) is 23.5. The minimum absolute atomic E-state index is 0.00553.